The third kappa shape index (κ3) is 3.21. The molecule has 2 heteroatoms. The van der Waals surface area contributed by atoms with Crippen LogP contribution >= 0.6 is 15.9 Å². The van der Waals surface area contributed by atoms with Gasteiger partial charge in [0.05, 0.1) is 0 Å². The van der Waals surface area contributed by atoms with Gasteiger partial charge in [-0.3, -0.25) is 4.90 Å². The van der Waals surface area contributed by atoms with Crippen LogP contribution in [0.2, 0.25) is 0 Å². The minimum Gasteiger partial charge on any atom is -0.298 e. The van der Waals surface area contributed by atoms with Gasteiger partial charge < -0.3 is 0 Å². The van der Waals surface area contributed by atoms with E-state index in [0.717, 1.165) is 19.5 Å². The van der Waals surface area contributed by atoms with Crippen LogP contribution in [0, 0.1) is 0 Å². The minimum atomic E-state index is 1.08. The van der Waals surface area contributed by atoms with E-state index in [1.165, 1.54) is 17.4 Å². The van der Waals surface area contributed by atoms with Crippen molar-refractivity contribution in [3.63, 3.8) is 0 Å². The smallest absolute Gasteiger partial charge is 0.0296 e. The highest BCUT2D eigenvalue weighted by atomic mass is 79.9. The summed E-state index contributed by atoms with van der Waals surface area (Å²) in [7, 11) is 0. The zero-order valence-corrected chi connectivity index (χ0v) is 8.31. The number of halogens is 1. The van der Waals surface area contributed by atoms with Crippen LogP contribution in [-0.4, -0.2) is 24.5 Å². The second kappa shape index (κ2) is 4.73. The van der Waals surface area contributed by atoms with E-state index >= 15 is 0 Å². The summed E-state index contributed by atoms with van der Waals surface area (Å²) < 4.78 is 1.33. The van der Waals surface area contributed by atoms with E-state index in [-0.39, 0.29) is 0 Å². The summed E-state index contributed by atoms with van der Waals surface area (Å²) in [6, 6.07) is 0. The summed E-state index contributed by atoms with van der Waals surface area (Å²) in [5.74, 6) is 0. The summed E-state index contributed by atoms with van der Waals surface area (Å²) in [5, 5.41) is 0. The van der Waals surface area contributed by atoms with Crippen LogP contribution in [0.1, 0.15) is 12.8 Å². The lowest BCUT2D eigenvalue weighted by atomic mass is 10.2. The molecular weight excluding hydrogens is 202 g/mol. The van der Waals surface area contributed by atoms with Crippen molar-refractivity contribution in [2.24, 2.45) is 0 Å². The number of hydrogen-bond donors (Lipinski definition) is 0. The highest BCUT2D eigenvalue weighted by molar-refractivity contribution is 9.11. The largest absolute Gasteiger partial charge is 0.298 e. The Morgan fingerprint density at radius 3 is 3.18 bits per heavy atom. The molecule has 0 aliphatic carbocycles. The Hall–Kier alpha value is -0.0800. The molecule has 0 saturated heterocycles. The molecule has 0 amide bonds. The zero-order chi connectivity index (χ0) is 8.10. The Labute approximate surface area is 76.9 Å². The first-order valence-electron chi connectivity index (χ1n) is 4.00. The summed E-state index contributed by atoms with van der Waals surface area (Å²) in [5.41, 5.74) is 0. The van der Waals surface area contributed by atoms with E-state index in [9.17, 15) is 0 Å². The van der Waals surface area contributed by atoms with Gasteiger partial charge in [-0.05, 0) is 12.8 Å². The predicted molar refractivity (Wildman–Crippen MR) is 52.9 cm³/mol. The minimum absolute atomic E-state index is 1.08. The Morgan fingerprint density at radius 1 is 1.73 bits per heavy atom. The Bertz CT molecular complexity index is 163. The molecule has 0 spiro atoms. The van der Waals surface area contributed by atoms with Crippen LogP contribution in [0.3, 0.4) is 0 Å². The first-order valence-corrected chi connectivity index (χ1v) is 4.80. The third-order valence-corrected chi connectivity index (χ3v) is 2.41. The SMILES string of the molecule is C=CCCN1CCC=C(Br)C1. The molecule has 0 atom stereocenters. The van der Waals surface area contributed by atoms with Crippen molar-refractivity contribution < 1.29 is 0 Å². The summed E-state index contributed by atoms with van der Waals surface area (Å²) in [6.45, 7) is 7.13. The van der Waals surface area contributed by atoms with Crippen molar-refractivity contribution in [2.75, 3.05) is 19.6 Å². The van der Waals surface area contributed by atoms with Gasteiger partial charge in [0, 0.05) is 24.1 Å². The molecule has 0 N–H and O–H groups in total. The topological polar surface area (TPSA) is 3.24 Å². The Kier molecular flexibility index (Phi) is 3.87. The zero-order valence-electron chi connectivity index (χ0n) is 6.72. The summed E-state index contributed by atoms with van der Waals surface area (Å²) in [6.07, 6.45) is 6.51. The van der Waals surface area contributed by atoms with Gasteiger partial charge in [-0.25, -0.2) is 0 Å². The lowest BCUT2D eigenvalue weighted by Crippen LogP contribution is -2.29. The molecule has 0 aromatic heterocycles. The van der Waals surface area contributed by atoms with E-state index in [1.54, 1.807) is 0 Å². The van der Waals surface area contributed by atoms with Crippen molar-refractivity contribution in [1.82, 2.24) is 4.90 Å². The molecule has 0 aromatic rings. The maximum absolute atomic E-state index is 3.71. The van der Waals surface area contributed by atoms with Gasteiger partial charge in [0.15, 0.2) is 0 Å². The standard InChI is InChI=1S/C9H14BrN/c1-2-3-6-11-7-4-5-9(10)8-11/h2,5H,1,3-4,6-8H2. The number of nitrogens with zero attached hydrogens (tertiary/aromatic N) is 1. The van der Waals surface area contributed by atoms with Crippen molar-refractivity contribution in [2.45, 2.75) is 12.8 Å². The molecule has 1 aliphatic rings. The Balaban J connectivity index is 2.26. The van der Waals surface area contributed by atoms with Crippen LogP contribution in [0.4, 0.5) is 0 Å². The van der Waals surface area contributed by atoms with Crippen LogP contribution in [0.15, 0.2) is 23.2 Å². The average molecular weight is 216 g/mol. The maximum atomic E-state index is 3.71. The first-order chi connectivity index (χ1) is 5.33. The normalized spacial score (nSPS) is 19.5. The summed E-state index contributed by atoms with van der Waals surface area (Å²) >= 11 is 3.51. The molecule has 1 aliphatic heterocycles. The summed E-state index contributed by atoms with van der Waals surface area (Å²) in [4.78, 5) is 2.44. The second-order valence-electron chi connectivity index (χ2n) is 2.79. The van der Waals surface area contributed by atoms with E-state index in [0.29, 0.717) is 0 Å². The lowest BCUT2D eigenvalue weighted by molar-refractivity contribution is 0.303. The molecule has 62 valence electrons. The fourth-order valence-electron chi connectivity index (χ4n) is 1.23. The molecule has 1 rings (SSSR count). The van der Waals surface area contributed by atoms with Gasteiger partial charge in [0.25, 0.3) is 0 Å². The molecule has 0 radical (unpaired) electrons. The molecule has 0 aromatic carbocycles. The molecule has 0 saturated carbocycles. The van der Waals surface area contributed by atoms with Gasteiger partial charge in [0.2, 0.25) is 0 Å². The average Bonchev–Trinajstić information content (AvgIpc) is 2.01. The van der Waals surface area contributed by atoms with E-state index in [4.69, 9.17) is 0 Å². The van der Waals surface area contributed by atoms with E-state index in [2.05, 4.69) is 33.5 Å². The van der Waals surface area contributed by atoms with Crippen molar-refractivity contribution in [3.8, 4) is 0 Å². The molecular formula is C9H14BrN. The predicted octanol–water partition coefficient (Wildman–Crippen LogP) is 2.55. The van der Waals surface area contributed by atoms with Crippen LogP contribution in [0.25, 0.3) is 0 Å². The molecule has 11 heavy (non-hydrogen) atoms. The lowest BCUT2D eigenvalue weighted by Gasteiger charge is -2.24. The number of hydrogen-bond acceptors (Lipinski definition) is 1. The van der Waals surface area contributed by atoms with Gasteiger partial charge in [-0.1, -0.05) is 28.1 Å². The van der Waals surface area contributed by atoms with Crippen molar-refractivity contribution in [1.29, 1.82) is 0 Å². The van der Waals surface area contributed by atoms with Gasteiger partial charge in [-0.15, -0.1) is 6.58 Å². The van der Waals surface area contributed by atoms with E-state index < -0.39 is 0 Å². The third-order valence-electron chi connectivity index (χ3n) is 1.84. The second-order valence-corrected chi connectivity index (χ2v) is 3.81. The monoisotopic (exact) mass is 215 g/mol. The fourth-order valence-corrected chi connectivity index (χ4v) is 1.81. The first kappa shape index (κ1) is 9.01. The molecule has 1 nitrogen and oxygen atoms in total. The van der Waals surface area contributed by atoms with Gasteiger partial charge in [-0.2, -0.15) is 0 Å². The quantitative estimate of drug-likeness (QED) is 0.655. The van der Waals surface area contributed by atoms with E-state index in [1.807, 2.05) is 6.08 Å². The van der Waals surface area contributed by atoms with Crippen LogP contribution in [-0.2, 0) is 0 Å². The van der Waals surface area contributed by atoms with Crippen LogP contribution in [0.5, 0.6) is 0 Å². The fraction of sp³-hybridized carbons (Fsp3) is 0.556. The van der Waals surface area contributed by atoms with Gasteiger partial charge >= 0.3 is 0 Å². The molecule has 0 unspecified atom stereocenters. The molecule has 0 fully saturated rings. The molecule has 0 bridgehead atoms. The Morgan fingerprint density at radius 2 is 2.55 bits per heavy atom. The molecule has 1 heterocycles. The highest BCUT2D eigenvalue weighted by Crippen LogP contribution is 2.14. The maximum Gasteiger partial charge on any atom is 0.0296 e. The number of rotatable bonds is 3. The van der Waals surface area contributed by atoms with Crippen molar-refractivity contribution in [3.05, 3.63) is 23.2 Å². The highest BCUT2D eigenvalue weighted by Gasteiger charge is 2.08. The van der Waals surface area contributed by atoms with Gasteiger partial charge in [0.1, 0.15) is 0 Å². The van der Waals surface area contributed by atoms with Crippen molar-refractivity contribution >= 4 is 15.9 Å². The van der Waals surface area contributed by atoms with Crippen LogP contribution < -0.4 is 0 Å².